The highest BCUT2D eigenvalue weighted by Crippen LogP contribution is 2.59. The molecule has 1 spiro atoms. The Bertz CT molecular complexity index is 570. The van der Waals surface area contributed by atoms with Crippen LogP contribution in [0.15, 0.2) is 23.1 Å². The monoisotopic (exact) mass is 338 g/mol. The van der Waals surface area contributed by atoms with E-state index in [1.54, 1.807) is 11.8 Å². The van der Waals surface area contributed by atoms with E-state index < -0.39 is 0 Å². The number of hydrogen-bond donors (Lipinski definition) is 2. The van der Waals surface area contributed by atoms with Gasteiger partial charge in [0, 0.05) is 16.1 Å². The standard InChI is InChI=1S/C17H23ClN2OS/c1-11(2)22-15-13(18)4-3-5-14(15)20-16(21)12-10-17(12)6-8-19-9-7-17/h3-5,11-12,19H,6-10H2,1-2H3,(H,20,21). The second kappa shape index (κ2) is 6.42. The van der Waals surface area contributed by atoms with E-state index in [1.807, 2.05) is 18.2 Å². The van der Waals surface area contributed by atoms with E-state index in [2.05, 4.69) is 24.5 Å². The van der Waals surface area contributed by atoms with Gasteiger partial charge < -0.3 is 10.6 Å². The summed E-state index contributed by atoms with van der Waals surface area (Å²) in [6.07, 6.45) is 3.27. The molecule has 1 aliphatic carbocycles. The molecule has 0 bridgehead atoms. The minimum Gasteiger partial charge on any atom is -0.325 e. The molecule has 2 N–H and O–H groups in total. The van der Waals surface area contributed by atoms with E-state index in [0.717, 1.165) is 42.9 Å². The fraction of sp³-hybridized carbons (Fsp3) is 0.588. The Morgan fingerprint density at radius 3 is 2.82 bits per heavy atom. The van der Waals surface area contributed by atoms with Crippen molar-refractivity contribution in [3.63, 3.8) is 0 Å². The lowest BCUT2D eigenvalue weighted by Crippen LogP contribution is -2.31. The molecule has 5 heteroatoms. The molecule has 22 heavy (non-hydrogen) atoms. The van der Waals surface area contributed by atoms with Crippen molar-refractivity contribution in [2.24, 2.45) is 11.3 Å². The lowest BCUT2D eigenvalue weighted by atomic mass is 9.92. The molecule has 1 saturated heterocycles. The number of carbonyl (C=O) groups excluding carboxylic acids is 1. The van der Waals surface area contributed by atoms with Crippen LogP contribution in [-0.2, 0) is 4.79 Å². The van der Waals surface area contributed by atoms with Crippen LogP contribution in [0.2, 0.25) is 5.02 Å². The molecule has 1 aliphatic heterocycles. The predicted molar refractivity (Wildman–Crippen MR) is 93.7 cm³/mol. The highest BCUT2D eigenvalue weighted by atomic mass is 35.5. The van der Waals surface area contributed by atoms with Gasteiger partial charge in [0.15, 0.2) is 0 Å². The summed E-state index contributed by atoms with van der Waals surface area (Å²) in [6.45, 7) is 6.33. The summed E-state index contributed by atoms with van der Waals surface area (Å²) >= 11 is 8.01. The van der Waals surface area contributed by atoms with Crippen molar-refractivity contribution in [2.45, 2.75) is 43.3 Å². The Morgan fingerprint density at radius 1 is 1.41 bits per heavy atom. The molecule has 1 amide bonds. The zero-order chi connectivity index (χ0) is 15.7. The van der Waals surface area contributed by atoms with Gasteiger partial charge in [0.2, 0.25) is 5.91 Å². The van der Waals surface area contributed by atoms with Gasteiger partial charge in [0.25, 0.3) is 0 Å². The summed E-state index contributed by atoms with van der Waals surface area (Å²) in [7, 11) is 0. The topological polar surface area (TPSA) is 41.1 Å². The Kier molecular flexibility index (Phi) is 4.72. The average Bonchev–Trinajstić information content (AvgIpc) is 3.16. The number of benzene rings is 1. The van der Waals surface area contributed by atoms with E-state index >= 15 is 0 Å². The Labute approximate surface area is 141 Å². The molecule has 1 unspecified atom stereocenters. The normalized spacial score (nSPS) is 22.8. The Hall–Kier alpha value is -0.710. The number of carbonyl (C=O) groups is 1. The molecule has 1 aromatic rings. The van der Waals surface area contributed by atoms with Crippen LogP contribution in [0.3, 0.4) is 0 Å². The van der Waals surface area contributed by atoms with E-state index in [1.165, 1.54) is 0 Å². The maximum atomic E-state index is 12.6. The zero-order valence-electron chi connectivity index (χ0n) is 13.1. The van der Waals surface area contributed by atoms with Gasteiger partial charge in [0.05, 0.1) is 10.7 Å². The molecule has 1 atom stereocenters. The molecule has 1 heterocycles. The van der Waals surface area contributed by atoms with Crippen molar-refractivity contribution in [3.05, 3.63) is 23.2 Å². The molecule has 2 fully saturated rings. The van der Waals surface area contributed by atoms with Crippen molar-refractivity contribution in [3.8, 4) is 0 Å². The number of anilines is 1. The van der Waals surface area contributed by atoms with Crippen LogP contribution in [0.1, 0.15) is 33.1 Å². The summed E-state index contributed by atoms with van der Waals surface area (Å²) in [6, 6.07) is 5.73. The van der Waals surface area contributed by atoms with E-state index in [-0.39, 0.29) is 17.2 Å². The number of thioether (sulfide) groups is 1. The highest BCUT2D eigenvalue weighted by Gasteiger charge is 2.57. The zero-order valence-corrected chi connectivity index (χ0v) is 14.7. The summed E-state index contributed by atoms with van der Waals surface area (Å²) in [5.41, 5.74) is 1.12. The van der Waals surface area contributed by atoms with E-state index in [4.69, 9.17) is 11.6 Å². The first-order chi connectivity index (χ1) is 10.5. The van der Waals surface area contributed by atoms with Crippen LogP contribution in [0.25, 0.3) is 0 Å². The Morgan fingerprint density at radius 2 is 2.14 bits per heavy atom. The van der Waals surface area contributed by atoms with Crippen molar-refractivity contribution >= 4 is 35.0 Å². The van der Waals surface area contributed by atoms with Gasteiger partial charge in [-0.3, -0.25) is 4.79 Å². The first-order valence-corrected chi connectivity index (χ1v) is 9.24. The number of halogens is 1. The van der Waals surface area contributed by atoms with Crippen molar-refractivity contribution in [2.75, 3.05) is 18.4 Å². The Balaban J connectivity index is 1.71. The molecular weight excluding hydrogens is 316 g/mol. The number of hydrogen-bond acceptors (Lipinski definition) is 3. The molecular formula is C17H23ClN2OS. The molecule has 2 aliphatic rings. The van der Waals surface area contributed by atoms with Gasteiger partial charge in [-0.25, -0.2) is 0 Å². The maximum Gasteiger partial charge on any atom is 0.228 e. The van der Waals surface area contributed by atoms with Crippen LogP contribution >= 0.6 is 23.4 Å². The van der Waals surface area contributed by atoms with Gasteiger partial charge in [-0.05, 0) is 49.9 Å². The predicted octanol–water partition coefficient (Wildman–Crippen LogP) is 4.17. The lowest BCUT2D eigenvalue weighted by Gasteiger charge is -2.23. The van der Waals surface area contributed by atoms with Gasteiger partial charge in [-0.2, -0.15) is 0 Å². The van der Waals surface area contributed by atoms with Crippen LogP contribution in [0, 0.1) is 11.3 Å². The maximum absolute atomic E-state index is 12.6. The number of piperidine rings is 1. The third-order valence-electron chi connectivity index (χ3n) is 4.68. The smallest absolute Gasteiger partial charge is 0.228 e. The van der Waals surface area contributed by atoms with E-state index in [0.29, 0.717) is 10.3 Å². The van der Waals surface area contributed by atoms with Crippen LogP contribution in [0.5, 0.6) is 0 Å². The van der Waals surface area contributed by atoms with Gasteiger partial charge in [-0.1, -0.05) is 31.5 Å². The van der Waals surface area contributed by atoms with Gasteiger partial charge in [0.1, 0.15) is 0 Å². The summed E-state index contributed by atoms with van der Waals surface area (Å²) in [5.74, 6) is 0.334. The molecule has 0 aromatic heterocycles. The lowest BCUT2D eigenvalue weighted by molar-refractivity contribution is -0.118. The fourth-order valence-electron chi connectivity index (χ4n) is 3.38. The third kappa shape index (κ3) is 3.29. The fourth-order valence-corrected chi connectivity index (χ4v) is 4.58. The largest absolute Gasteiger partial charge is 0.325 e. The second-order valence-corrected chi connectivity index (χ2v) is 8.64. The average molecular weight is 339 g/mol. The molecule has 1 saturated carbocycles. The van der Waals surface area contributed by atoms with Crippen molar-refractivity contribution in [1.29, 1.82) is 0 Å². The van der Waals surface area contributed by atoms with Gasteiger partial charge in [-0.15, -0.1) is 11.8 Å². The number of rotatable bonds is 4. The number of amides is 1. The quantitative estimate of drug-likeness (QED) is 0.809. The van der Waals surface area contributed by atoms with Gasteiger partial charge >= 0.3 is 0 Å². The highest BCUT2D eigenvalue weighted by molar-refractivity contribution is 8.00. The summed E-state index contributed by atoms with van der Waals surface area (Å²) in [4.78, 5) is 13.6. The van der Waals surface area contributed by atoms with Crippen molar-refractivity contribution < 1.29 is 4.79 Å². The first kappa shape index (κ1) is 16.2. The first-order valence-electron chi connectivity index (χ1n) is 7.99. The molecule has 3 nitrogen and oxygen atoms in total. The summed E-state index contributed by atoms with van der Waals surface area (Å²) in [5, 5.41) is 7.64. The van der Waals surface area contributed by atoms with Crippen LogP contribution < -0.4 is 10.6 Å². The third-order valence-corrected chi connectivity index (χ3v) is 6.26. The number of nitrogens with one attached hydrogen (secondary N) is 2. The molecule has 120 valence electrons. The SMILES string of the molecule is CC(C)Sc1c(Cl)cccc1NC(=O)C1CC12CCNCC2. The minimum atomic E-state index is 0.162. The molecule has 3 rings (SSSR count). The molecule has 1 aromatic carbocycles. The van der Waals surface area contributed by atoms with Crippen LogP contribution in [-0.4, -0.2) is 24.2 Å². The van der Waals surface area contributed by atoms with Crippen LogP contribution in [0.4, 0.5) is 5.69 Å². The minimum absolute atomic E-state index is 0.162. The summed E-state index contributed by atoms with van der Waals surface area (Å²) < 4.78 is 0. The second-order valence-electron chi connectivity index (χ2n) is 6.64. The molecule has 0 radical (unpaired) electrons. The van der Waals surface area contributed by atoms with Crippen molar-refractivity contribution in [1.82, 2.24) is 5.32 Å². The van der Waals surface area contributed by atoms with E-state index in [9.17, 15) is 4.79 Å².